The summed E-state index contributed by atoms with van der Waals surface area (Å²) in [4.78, 5) is 11.5. The number of nitrogens with zero attached hydrogens (tertiary/aromatic N) is 3. The van der Waals surface area contributed by atoms with E-state index in [4.69, 9.17) is 4.74 Å². The van der Waals surface area contributed by atoms with Gasteiger partial charge in [-0.2, -0.15) is 0 Å². The maximum absolute atomic E-state index is 11.5. The second kappa shape index (κ2) is 6.00. The van der Waals surface area contributed by atoms with Crippen LogP contribution in [0.5, 0.6) is 6.01 Å². The summed E-state index contributed by atoms with van der Waals surface area (Å²) in [5.74, 6) is -0.142. The van der Waals surface area contributed by atoms with Gasteiger partial charge in [-0.1, -0.05) is 24.5 Å². The van der Waals surface area contributed by atoms with Crippen LogP contribution in [0.4, 0.5) is 0 Å². The molecular weight excluding hydrogens is 232 g/mol. The fourth-order valence-corrected chi connectivity index (χ4v) is 1.50. The largest absolute Gasteiger partial charge is 0.453 e. The van der Waals surface area contributed by atoms with Crippen LogP contribution in [0.15, 0.2) is 24.4 Å². The van der Waals surface area contributed by atoms with E-state index in [1.165, 1.54) is 0 Å². The van der Waals surface area contributed by atoms with Crippen molar-refractivity contribution in [2.75, 3.05) is 13.2 Å². The second-order valence-electron chi connectivity index (χ2n) is 3.90. The third-order valence-electron chi connectivity index (χ3n) is 2.47. The van der Waals surface area contributed by atoms with Gasteiger partial charge in [0.05, 0.1) is 0 Å². The zero-order chi connectivity index (χ0) is 12.8. The quantitative estimate of drug-likeness (QED) is 0.775. The van der Waals surface area contributed by atoms with Crippen molar-refractivity contribution in [2.45, 2.75) is 19.8 Å². The number of ether oxygens (including phenoxy) is 1. The molecule has 0 atom stereocenters. The van der Waals surface area contributed by atoms with Gasteiger partial charge < -0.3 is 10.1 Å². The Hall–Kier alpha value is -2.11. The lowest BCUT2D eigenvalue weighted by atomic mass is 10.3. The molecule has 1 N–H and O–H groups in total. The highest BCUT2D eigenvalue weighted by Gasteiger charge is 2.07. The Morgan fingerprint density at radius 2 is 2.33 bits per heavy atom. The van der Waals surface area contributed by atoms with Crippen LogP contribution in [0, 0.1) is 0 Å². The van der Waals surface area contributed by atoms with E-state index in [-0.39, 0.29) is 12.5 Å². The molecule has 0 saturated heterocycles. The summed E-state index contributed by atoms with van der Waals surface area (Å²) >= 11 is 0. The van der Waals surface area contributed by atoms with Crippen LogP contribution in [0.3, 0.4) is 0 Å². The predicted molar refractivity (Wildman–Crippen MR) is 66.4 cm³/mol. The Bertz CT molecular complexity index is 524. The van der Waals surface area contributed by atoms with E-state index in [9.17, 15) is 4.79 Å². The summed E-state index contributed by atoms with van der Waals surface area (Å²) in [6, 6.07) is 5.87. The highest BCUT2D eigenvalue weighted by atomic mass is 16.5. The molecule has 1 amide bonds. The van der Waals surface area contributed by atoms with Crippen molar-refractivity contribution in [3.8, 4) is 6.01 Å². The number of aromatic nitrogens is 3. The maximum atomic E-state index is 11.5. The summed E-state index contributed by atoms with van der Waals surface area (Å²) in [5.41, 5.74) is 0.693. The molecule has 0 aliphatic heterocycles. The lowest BCUT2D eigenvalue weighted by Crippen LogP contribution is -2.29. The van der Waals surface area contributed by atoms with E-state index in [1.54, 1.807) is 10.6 Å². The Morgan fingerprint density at radius 1 is 1.44 bits per heavy atom. The van der Waals surface area contributed by atoms with Gasteiger partial charge in [0.2, 0.25) is 0 Å². The third-order valence-corrected chi connectivity index (χ3v) is 2.47. The molecule has 2 aromatic heterocycles. The number of carbonyl (C=O) groups excluding carboxylic acids is 1. The molecular formula is C12H16N4O2. The number of hydrogen-bond acceptors (Lipinski definition) is 4. The average molecular weight is 248 g/mol. The fourth-order valence-electron chi connectivity index (χ4n) is 1.50. The second-order valence-corrected chi connectivity index (χ2v) is 3.90. The van der Waals surface area contributed by atoms with E-state index in [1.807, 2.05) is 18.2 Å². The summed E-state index contributed by atoms with van der Waals surface area (Å²) in [5, 5.41) is 10.6. The first-order chi connectivity index (χ1) is 8.81. The summed E-state index contributed by atoms with van der Waals surface area (Å²) < 4.78 is 7.02. The Morgan fingerprint density at radius 3 is 3.17 bits per heavy atom. The van der Waals surface area contributed by atoms with E-state index >= 15 is 0 Å². The molecule has 6 nitrogen and oxygen atoms in total. The molecule has 0 radical (unpaired) electrons. The van der Waals surface area contributed by atoms with Crippen molar-refractivity contribution in [3.63, 3.8) is 0 Å². The number of rotatable bonds is 6. The van der Waals surface area contributed by atoms with E-state index in [2.05, 4.69) is 22.4 Å². The van der Waals surface area contributed by atoms with Gasteiger partial charge in [-0.25, -0.2) is 0 Å². The van der Waals surface area contributed by atoms with Gasteiger partial charge in [0, 0.05) is 12.7 Å². The summed E-state index contributed by atoms with van der Waals surface area (Å²) in [6.45, 7) is 2.71. The van der Waals surface area contributed by atoms with Crippen LogP contribution in [-0.2, 0) is 4.79 Å². The molecule has 18 heavy (non-hydrogen) atoms. The molecule has 0 fully saturated rings. The van der Waals surface area contributed by atoms with E-state index in [0.717, 1.165) is 12.8 Å². The van der Waals surface area contributed by atoms with Crippen LogP contribution in [0.25, 0.3) is 5.65 Å². The lowest BCUT2D eigenvalue weighted by Gasteiger charge is -2.05. The first-order valence-corrected chi connectivity index (χ1v) is 6.00. The zero-order valence-electron chi connectivity index (χ0n) is 10.3. The van der Waals surface area contributed by atoms with Gasteiger partial charge in [0.15, 0.2) is 12.3 Å². The van der Waals surface area contributed by atoms with Crippen LogP contribution in [0.2, 0.25) is 0 Å². The zero-order valence-corrected chi connectivity index (χ0v) is 10.3. The summed E-state index contributed by atoms with van der Waals surface area (Å²) in [7, 11) is 0. The van der Waals surface area contributed by atoms with Gasteiger partial charge in [-0.3, -0.25) is 9.20 Å². The van der Waals surface area contributed by atoms with Crippen molar-refractivity contribution < 1.29 is 9.53 Å². The molecule has 0 aliphatic carbocycles. The van der Waals surface area contributed by atoms with Gasteiger partial charge >= 0.3 is 6.01 Å². The molecule has 2 aromatic rings. The third kappa shape index (κ3) is 2.97. The van der Waals surface area contributed by atoms with E-state index in [0.29, 0.717) is 18.2 Å². The van der Waals surface area contributed by atoms with Crippen molar-refractivity contribution in [1.29, 1.82) is 0 Å². The highest BCUT2D eigenvalue weighted by Crippen LogP contribution is 2.09. The van der Waals surface area contributed by atoms with E-state index < -0.39 is 0 Å². The van der Waals surface area contributed by atoms with Gasteiger partial charge in [0.25, 0.3) is 5.91 Å². The first kappa shape index (κ1) is 12.3. The minimum Gasteiger partial charge on any atom is -0.453 e. The number of pyridine rings is 1. The number of carbonyl (C=O) groups is 1. The average Bonchev–Trinajstić information content (AvgIpc) is 2.80. The maximum Gasteiger partial charge on any atom is 0.322 e. The molecule has 96 valence electrons. The van der Waals surface area contributed by atoms with Gasteiger partial charge in [0.1, 0.15) is 0 Å². The highest BCUT2D eigenvalue weighted by molar-refractivity contribution is 5.77. The number of unbranched alkanes of at least 4 members (excludes halogenated alkanes) is 1. The number of amides is 1. The number of fused-ring (bicyclic) bond motifs is 1. The van der Waals surface area contributed by atoms with Crippen LogP contribution in [-0.4, -0.2) is 33.7 Å². The predicted octanol–water partition coefficient (Wildman–Crippen LogP) is 1.02. The van der Waals surface area contributed by atoms with Gasteiger partial charge in [-0.15, -0.1) is 5.10 Å². The first-order valence-electron chi connectivity index (χ1n) is 6.00. The van der Waals surface area contributed by atoms with Crippen molar-refractivity contribution in [1.82, 2.24) is 19.9 Å². The lowest BCUT2D eigenvalue weighted by molar-refractivity contribution is -0.123. The van der Waals surface area contributed by atoms with Crippen molar-refractivity contribution >= 4 is 11.6 Å². The molecule has 0 bridgehead atoms. The van der Waals surface area contributed by atoms with Crippen LogP contribution in [0.1, 0.15) is 19.8 Å². The molecule has 0 spiro atoms. The molecule has 0 aromatic carbocycles. The SMILES string of the molecule is CCCCNC(=O)COc1nnc2ccccn12. The van der Waals surface area contributed by atoms with Crippen molar-refractivity contribution in [3.05, 3.63) is 24.4 Å². The molecule has 0 unspecified atom stereocenters. The number of hydrogen-bond donors (Lipinski definition) is 1. The van der Waals surface area contributed by atoms with Gasteiger partial charge in [-0.05, 0) is 18.6 Å². The number of nitrogens with one attached hydrogen (secondary N) is 1. The standard InChI is InChI=1S/C12H16N4O2/c1-2-3-7-13-11(17)9-18-12-15-14-10-6-4-5-8-16(10)12/h4-6,8H,2-3,7,9H2,1H3,(H,13,17). The molecule has 6 heteroatoms. The monoisotopic (exact) mass is 248 g/mol. The minimum atomic E-state index is -0.142. The Labute approximate surface area is 105 Å². The normalized spacial score (nSPS) is 10.5. The molecule has 2 rings (SSSR count). The molecule has 0 saturated carbocycles. The van der Waals surface area contributed by atoms with Crippen molar-refractivity contribution in [2.24, 2.45) is 0 Å². The summed E-state index contributed by atoms with van der Waals surface area (Å²) in [6.07, 6.45) is 3.81. The Kier molecular flexibility index (Phi) is 4.11. The van der Waals surface area contributed by atoms with Crippen LogP contribution < -0.4 is 10.1 Å². The smallest absolute Gasteiger partial charge is 0.322 e. The molecule has 2 heterocycles. The fraction of sp³-hybridized carbons (Fsp3) is 0.417. The minimum absolute atomic E-state index is 0.0423. The molecule has 0 aliphatic rings. The topological polar surface area (TPSA) is 68.5 Å². The van der Waals surface area contributed by atoms with Crippen LogP contribution >= 0.6 is 0 Å². The Balaban J connectivity index is 1.88.